The fraction of sp³-hybridized carbons (Fsp3) is 0.455. The summed E-state index contributed by atoms with van der Waals surface area (Å²) in [5.41, 5.74) is 0. The lowest BCUT2D eigenvalue weighted by molar-refractivity contribution is 0.244. The van der Waals surface area contributed by atoms with E-state index in [0.29, 0.717) is 0 Å². The van der Waals surface area contributed by atoms with Crippen LogP contribution in [0.2, 0.25) is 0 Å². The fourth-order valence-corrected chi connectivity index (χ4v) is 1.09. The Hall–Kier alpha value is -1.02. The smallest absolute Gasteiger partial charge is 0.109 e. The van der Waals surface area contributed by atoms with Gasteiger partial charge in [0.15, 0.2) is 0 Å². The van der Waals surface area contributed by atoms with Crippen LogP contribution in [0.25, 0.3) is 0 Å². The average Bonchev–Trinajstić information content (AvgIpc) is 2.58. The molecule has 1 N–H and O–H groups in total. The monoisotopic (exact) mass is 182 g/mol. The molecule has 0 bridgehead atoms. The molecule has 0 spiro atoms. The molecular weight excluding hydrogens is 164 g/mol. The standard InChI is InChI=1S/C9H14O2.C2H4/c1-3-8(6-10)9-5-4-7(2)11-9;1-2/h4-5,8,10H,3,6H2,1-2H3;1-2H2/t8-;/m0./s1. The first-order chi connectivity index (χ1) is 6.27. The molecule has 0 aromatic carbocycles. The third-order valence-corrected chi connectivity index (χ3v) is 1.88. The summed E-state index contributed by atoms with van der Waals surface area (Å²) in [4.78, 5) is 0. The molecular formula is C11H18O2. The van der Waals surface area contributed by atoms with Crippen molar-refractivity contribution in [3.8, 4) is 0 Å². The van der Waals surface area contributed by atoms with E-state index >= 15 is 0 Å². The summed E-state index contributed by atoms with van der Waals surface area (Å²) in [7, 11) is 0. The molecule has 74 valence electrons. The van der Waals surface area contributed by atoms with Crippen molar-refractivity contribution < 1.29 is 9.52 Å². The quantitative estimate of drug-likeness (QED) is 0.729. The van der Waals surface area contributed by atoms with Crippen LogP contribution in [0.5, 0.6) is 0 Å². The molecule has 1 aromatic heterocycles. The van der Waals surface area contributed by atoms with E-state index in [9.17, 15) is 0 Å². The molecule has 13 heavy (non-hydrogen) atoms. The summed E-state index contributed by atoms with van der Waals surface area (Å²) in [6, 6.07) is 3.85. The second-order valence-electron chi connectivity index (χ2n) is 2.74. The third kappa shape index (κ3) is 3.47. The normalized spacial score (nSPS) is 11.6. The summed E-state index contributed by atoms with van der Waals surface area (Å²) in [5.74, 6) is 1.98. The fourth-order valence-electron chi connectivity index (χ4n) is 1.09. The van der Waals surface area contributed by atoms with Crippen LogP contribution in [0, 0.1) is 6.92 Å². The van der Waals surface area contributed by atoms with Gasteiger partial charge in [-0.05, 0) is 25.5 Å². The molecule has 0 aliphatic heterocycles. The van der Waals surface area contributed by atoms with E-state index in [0.717, 1.165) is 17.9 Å². The first-order valence-electron chi connectivity index (χ1n) is 4.45. The van der Waals surface area contributed by atoms with E-state index in [-0.39, 0.29) is 12.5 Å². The molecule has 0 radical (unpaired) electrons. The second kappa shape index (κ2) is 6.49. The number of aliphatic hydroxyl groups excluding tert-OH is 1. The Labute approximate surface area is 79.9 Å². The Bertz CT molecular complexity index is 224. The molecule has 1 rings (SSSR count). The first-order valence-corrected chi connectivity index (χ1v) is 4.45. The van der Waals surface area contributed by atoms with E-state index in [2.05, 4.69) is 13.2 Å². The van der Waals surface area contributed by atoms with Crippen LogP contribution >= 0.6 is 0 Å². The third-order valence-electron chi connectivity index (χ3n) is 1.88. The van der Waals surface area contributed by atoms with Crippen molar-refractivity contribution in [2.24, 2.45) is 0 Å². The van der Waals surface area contributed by atoms with Crippen molar-refractivity contribution in [3.63, 3.8) is 0 Å². The van der Waals surface area contributed by atoms with E-state index in [1.165, 1.54) is 0 Å². The lowest BCUT2D eigenvalue weighted by atomic mass is 10.1. The van der Waals surface area contributed by atoms with Gasteiger partial charge in [0.25, 0.3) is 0 Å². The van der Waals surface area contributed by atoms with Gasteiger partial charge in [-0.3, -0.25) is 0 Å². The zero-order valence-corrected chi connectivity index (χ0v) is 8.42. The van der Waals surface area contributed by atoms with Gasteiger partial charge in [0.05, 0.1) is 6.61 Å². The molecule has 0 fully saturated rings. The maximum absolute atomic E-state index is 8.93. The van der Waals surface area contributed by atoms with Gasteiger partial charge in [-0.1, -0.05) is 6.92 Å². The summed E-state index contributed by atoms with van der Waals surface area (Å²) < 4.78 is 5.37. The van der Waals surface area contributed by atoms with Crippen LogP contribution in [-0.4, -0.2) is 11.7 Å². The van der Waals surface area contributed by atoms with Gasteiger partial charge >= 0.3 is 0 Å². The molecule has 1 heterocycles. The number of aryl methyl sites for hydroxylation is 1. The molecule has 0 unspecified atom stereocenters. The molecule has 0 aliphatic carbocycles. The van der Waals surface area contributed by atoms with Gasteiger partial charge < -0.3 is 9.52 Å². The lowest BCUT2D eigenvalue weighted by Gasteiger charge is -2.06. The van der Waals surface area contributed by atoms with E-state index in [1.54, 1.807) is 0 Å². The number of rotatable bonds is 3. The highest BCUT2D eigenvalue weighted by atomic mass is 16.3. The van der Waals surface area contributed by atoms with Crippen molar-refractivity contribution in [1.82, 2.24) is 0 Å². The SMILES string of the molecule is C=C.CC[C@@H](CO)c1ccc(C)o1. The Morgan fingerprint density at radius 2 is 2.08 bits per heavy atom. The van der Waals surface area contributed by atoms with E-state index in [4.69, 9.17) is 9.52 Å². The number of furan rings is 1. The lowest BCUT2D eigenvalue weighted by Crippen LogP contribution is -2.00. The predicted octanol–water partition coefficient (Wildman–Crippen LogP) is 2.88. The maximum Gasteiger partial charge on any atom is 0.109 e. The summed E-state index contributed by atoms with van der Waals surface area (Å²) >= 11 is 0. The predicted molar refractivity (Wildman–Crippen MR) is 54.8 cm³/mol. The minimum Gasteiger partial charge on any atom is -0.466 e. The van der Waals surface area contributed by atoms with Gasteiger partial charge in [-0.2, -0.15) is 0 Å². The minimum absolute atomic E-state index is 0.170. The van der Waals surface area contributed by atoms with Gasteiger partial charge in [0.1, 0.15) is 11.5 Å². The molecule has 0 saturated carbocycles. The Balaban J connectivity index is 0.000000671. The number of hydrogen-bond donors (Lipinski definition) is 1. The van der Waals surface area contributed by atoms with Gasteiger partial charge in [-0.25, -0.2) is 0 Å². The molecule has 1 aromatic rings. The van der Waals surface area contributed by atoms with Crippen molar-refractivity contribution in [2.75, 3.05) is 6.61 Å². The molecule has 2 heteroatoms. The van der Waals surface area contributed by atoms with Crippen molar-refractivity contribution >= 4 is 0 Å². The highest BCUT2D eigenvalue weighted by Crippen LogP contribution is 2.20. The Morgan fingerprint density at radius 1 is 1.46 bits per heavy atom. The zero-order chi connectivity index (χ0) is 10.3. The molecule has 2 nitrogen and oxygen atoms in total. The van der Waals surface area contributed by atoms with Crippen LogP contribution in [0.3, 0.4) is 0 Å². The van der Waals surface area contributed by atoms with Crippen molar-refractivity contribution in [1.29, 1.82) is 0 Å². The van der Waals surface area contributed by atoms with Crippen molar-refractivity contribution in [3.05, 3.63) is 36.8 Å². The number of aliphatic hydroxyl groups is 1. The Morgan fingerprint density at radius 3 is 2.38 bits per heavy atom. The summed E-state index contributed by atoms with van der Waals surface area (Å²) in [6.45, 7) is 10.1. The first kappa shape index (κ1) is 12.0. The minimum atomic E-state index is 0.170. The van der Waals surface area contributed by atoms with E-state index < -0.39 is 0 Å². The molecule has 0 amide bonds. The second-order valence-corrected chi connectivity index (χ2v) is 2.74. The zero-order valence-electron chi connectivity index (χ0n) is 8.42. The van der Waals surface area contributed by atoms with Crippen LogP contribution in [-0.2, 0) is 0 Å². The van der Waals surface area contributed by atoms with Crippen molar-refractivity contribution in [2.45, 2.75) is 26.2 Å². The maximum atomic E-state index is 8.93. The topological polar surface area (TPSA) is 33.4 Å². The van der Waals surface area contributed by atoms with Crippen LogP contribution < -0.4 is 0 Å². The number of hydrogen-bond acceptors (Lipinski definition) is 2. The Kier molecular flexibility index (Phi) is 5.98. The molecule has 1 atom stereocenters. The van der Waals surface area contributed by atoms with Gasteiger partial charge in [-0.15, -0.1) is 13.2 Å². The van der Waals surface area contributed by atoms with Gasteiger partial charge in [0, 0.05) is 5.92 Å². The average molecular weight is 182 g/mol. The molecule has 0 saturated heterocycles. The largest absolute Gasteiger partial charge is 0.466 e. The van der Waals surface area contributed by atoms with Crippen LogP contribution in [0.4, 0.5) is 0 Å². The van der Waals surface area contributed by atoms with E-state index in [1.807, 2.05) is 26.0 Å². The van der Waals surface area contributed by atoms with Crippen LogP contribution in [0.1, 0.15) is 30.8 Å². The highest BCUT2D eigenvalue weighted by molar-refractivity contribution is 5.10. The summed E-state index contributed by atoms with van der Waals surface area (Å²) in [5, 5.41) is 8.93. The van der Waals surface area contributed by atoms with Gasteiger partial charge in [0.2, 0.25) is 0 Å². The van der Waals surface area contributed by atoms with Crippen LogP contribution in [0.15, 0.2) is 29.7 Å². The highest BCUT2D eigenvalue weighted by Gasteiger charge is 2.10. The molecule has 0 aliphatic rings. The summed E-state index contributed by atoms with van der Waals surface area (Å²) in [6.07, 6.45) is 0.920.